The van der Waals surface area contributed by atoms with Gasteiger partial charge in [-0.05, 0) is 44.0 Å². The summed E-state index contributed by atoms with van der Waals surface area (Å²) in [6, 6.07) is 17.6. The molecule has 0 atom stereocenters. The summed E-state index contributed by atoms with van der Waals surface area (Å²) < 4.78 is 5.95. The van der Waals surface area contributed by atoms with Crippen LogP contribution in [0.15, 0.2) is 60.8 Å². The Morgan fingerprint density at radius 2 is 1.82 bits per heavy atom. The van der Waals surface area contributed by atoms with Gasteiger partial charge in [-0.1, -0.05) is 37.1 Å². The number of aromatic nitrogens is 2. The Bertz CT molecular complexity index is 1130. The molecule has 3 aromatic rings. The number of urea groups is 1. The predicted molar refractivity (Wildman–Crippen MR) is 129 cm³/mol. The Kier molecular flexibility index (Phi) is 5.73. The molecule has 1 fully saturated rings. The Morgan fingerprint density at radius 1 is 1.06 bits per heavy atom. The topological polar surface area (TPSA) is 73.8 Å². The molecule has 8 heteroatoms. The number of nitrogens with zero attached hydrogens (tertiary/aromatic N) is 5. The minimum atomic E-state index is -0.0491. The fourth-order valence-electron chi connectivity index (χ4n) is 4.51. The number of nitrogens with one attached hydrogen (secondary N) is 1. The molecule has 5 rings (SSSR count). The number of anilines is 4. The van der Waals surface area contributed by atoms with E-state index in [0.29, 0.717) is 12.5 Å². The summed E-state index contributed by atoms with van der Waals surface area (Å²) in [6.45, 7) is 2.59. The van der Waals surface area contributed by atoms with Gasteiger partial charge in [-0.25, -0.2) is 14.8 Å². The summed E-state index contributed by atoms with van der Waals surface area (Å²) in [6.07, 6.45) is 6.17. The molecule has 0 unspecified atom stereocenters. The first-order valence-corrected chi connectivity index (χ1v) is 11.5. The number of hydrazine groups is 1. The van der Waals surface area contributed by atoms with Crippen LogP contribution < -0.4 is 20.0 Å². The second-order valence-electron chi connectivity index (χ2n) is 8.31. The maximum absolute atomic E-state index is 13.0. The highest BCUT2D eigenvalue weighted by molar-refractivity contribution is 5.98. The Morgan fingerprint density at radius 3 is 2.58 bits per heavy atom. The van der Waals surface area contributed by atoms with Gasteiger partial charge in [0.15, 0.2) is 5.82 Å². The summed E-state index contributed by atoms with van der Waals surface area (Å²) in [5.74, 6) is 2.74. The Labute approximate surface area is 193 Å². The Hall–Kier alpha value is -3.81. The van der Waals surface area contributed by atoms with Crippen LogP contribution in [0.25, 0.3) is 0 Å². The smallest absolute Gasteiger partial charge is 0.343 e. The maximum atomic E-state index is 13.0. The zero-order chi connectivity index (χ0) is 22.8. The van der Waals surface area contributed by atoms with Gasteiger partial charge in [0.2, 0.25) is 5.95 Å². The van der Waals surface area contributed by atoms with Crippen molar-refractivity contribution < 1.29 is 9.53 Å². The summed E-state index contributed by atoms with van der Waals surface area (Å²) >= 11 is 0. The molecule has 0 saturated heterocycles. The van der Waals surface area contributed by atoms with Crippen LogP contribution >= 0.6 is 0 Å². The third-order valence-corrected chi connectivity index (χ3v) is 6.14. The molecule has 0 spiro atoms. The van der Waals surface area contributed by atoms with E-state index in [1.807, 2.05) is 61.5 Å². The van der Waals surface area contributed by atoms with Crippen molar-refractivity contribution >= 4 is 29.2 Å². The van der Waals surface area contributed by atoms with Gasteiger partial charge in [-0.2, -0.15) is 4.98 Å². The van der Waals surface area contributed by atoms with Crippen LogP contribution in [-0.2, 0) is 0 Å². The van der Waals surface area contributed by atoms with E-state index in [-0.39, 0.29) is 12.1 Å². The number of ether oxygens (including phenoxy) is 1. The van der Waals surface area contributed by atoms with Gasteiger partial charge in [0.05, 0.1) is 12.2 Å². The van der Waals surface area contributed by atoms with Crippen molar-refractivity contribution in [3.63, 3.8) is 0 Å². The van der Waals surface area contributed by atoms with Gasteiger partial charge < -0.3 is 10.1 Å². The minimum absolute atomic E-state index is 0.0491. The molecule has 1 saturated carbocycles. The highest BCUT2D eigenvalue weighted by Gasteiger charge is 2.39. The van der Waals surface area contributed by atoms with Crippen LogP contribution in [0.3, 0.4) is 0 Å². The maximum Gasteiger partial charge on any atom is 0.343 e. The largest absolute Gasteiger partial charge is 0.457 e. The van der Waals surface area contributed by atoms with E-state index in [0.717, 1.165) is 41.5 Å². The van der Waals surface area contributed by atoms with Crippen molar-refractivity contribution in [2.24, 2.45) is 0 Å². The van der Waals surface area contributed by atoms with Gasteiger partial charge in [0.25, 0.3) is 0 Å². The van der Waals surface area contributed by atoms with Crippen molar-refractivity contribution in [2.45, 2.75) is 38.6 Å². The quantitative estimate of drug-likeness (QED) is 0.536. The molecular weight excluding hydrogens is 416 g/mol. The molecule has 1 aliphatic heterocycles. The monoisotopic (exact) mass is 444 g/mol. The number of carbonyl (C=O) groups excluding carboxylic acids is 1. The molecule has 2 aliphatic rings. The zero-order valence-electron chi connectivity index (χ0n) is 18.9. The van der Waals surface area contributed by atoms with Gasteiger partial charge in [-0.3, -0.25) is 9.91 Å². The van der Waals surface area contributed by atoms with Crippen molar-refractivity contribution in [1.29, 1.82) is 0 Å². The number of benzene rings is 2. The van der Waals surface area contributed by atoms with E-state index in [9.17, 15) is 4.79 Å². The molecule has 2 heterocycles. The lowest BCUT2D eigenvalue weighted by molar-refractivity contribution is 0.191. The predicted octanol–water partition coefficient (Wildman–Crippen LogP) is 5.57. The molecule has 33 heavy (non-hydrogen) atoms. The first-order valence-electron chi connectivity index (χ1n) is 11.5. The van der Waals surface area contributed by atoms with Crippen molar-refractivity contribution in [3.8, 4) is 11.5 Å². The van der Waals surface area contributed by atoms with E-state index in [1.54, 1.807) is 23.2 Å². The summed E-state index contributed by atoms with van der Waals surface area (Å²) in [5, 5.41) is 7.18. The lowest BCUT2D eigenvalue weighted by Crippen LogP contribution is -2.59. The average Bonchev–Trinajstić information content (AvgIpc) is 3.36. The standard InChI is InChI=1S/C25H28N6O2/c1-3-30-25(32)29(2)22-17-26-24(28-23(22)31(30)19-11-7-8-12-19)27-18-10-9-15-21(16-18)33-20-13-5-4-6-14-20/h4-6,9-10,13-17,19H,3,7-8,11-12H2,1-2H3,(H,26,27,28). The molecule has 2 aromatic carbocycles. The van der Waals surface area contributed by atoms with E-state index in [2.05, 4.69) is 15.3 Å². The van der Waals surface area contributed by atoms with Crippen LogP contribution in [0.5, 0.6) is 11.5 Å². The van der Waals surface area contributed by atoms with Crippen molar-refractivity contribution in [2.75, 3.05) is 28.8 Å². The molecule has 8 nitrogen and oxygen atoms in total. The molecule has 1 N–H and O–H groups in total. The molecule has 0 radical (unpaired) electrons. The normalized spacial score (nSPS) is 16.2. The molecular formula is C25H28N6O2. The van der Waals surface area contributed by atoms with Crippen LogP contribution in [0.4, 0.5) is 27.9 Å². The molecule has 2 amide bonds. The fourth-order valence-corrected chi connectivity index (χ4v) is 4.51. The summed E-state index contributed by atoms with van der Waals surface area (Å²) in [4.78, 5) is 24.0. The van der Waals surface area contributed by atoms with Crippen LogP contribution in [0.2, 0.25) is 0 Å². The van der Waals surface area contributed by atoms with E-state index < -0.39 is 0 Å². The zero-order valence-corrected chi connectivity index (χ0v) is 18.9. The first-order chi connectivity index (χ1) is 16.1. The highest BCUT2D eigenvalue weighted by Crippen LogP contribution is 2.39. The third kappa shape index (κ3) is 4.16. The third-order valence-electron chi connectivity index (χ3n) is 6.14. The Balaban J connectivity index is 1.44. The average molecular weight is 445 g/mol. The molecule has 1 aromatic heterocycles. The summed E-state index contributed by atoms with van der Waals surface area (Å²) in [5.41, 5.74) is 1.55. The van der Waals surface area contributed by atoms with Crippen molar-refractivity contribution in [1.82, 2.24) is 15.0 Å². The molecule has 170 valence electrons. The number of hydrogen-bond acceptors (Lipinski definition) is 6. The van der Waals surface area contributed by atoms with Crippen LogP contribution in [-0.4, -0.2) is 40.6 Å². The van der Waals surface area contributed by atoms with Crippen molar-refractivity contribution in [3.05, 3.63) is 60.8 Å². The van der Waals surface area contributed by atoms with E-state index in [4.69, 9.17) is 9.72 Å². The number of carbonyl (C=O) groups is 1. The van der Waals surface area contributed by atoms with Crippen LogP contribution in [0, 0.1) is 0 Å². The lowest BCUT2D eigenvalue weighted by atomic mass is 10.2. The second-order valence-corrected chi connectivity index (χ2v) is 8.31. The number of hydrogen-bond donors (Lipinski definition) is 1. The second kappa shape index (κ2) is 8.97. The lowest BCUT2D eigenvalue weighted by Gasteiger charge is -2.45. The fraction of sp³-hybridized carbons (Fsp3) is 0.320. The van der Waals surface area contributed by atoms with Gasteiger partial charge in [-0.15, -0.1) is 0 Å². The van der Waals surface area contributed by atoms with Gasteiger partial charge in [0, 0.05) is 25.3 Å². The van der Waals surface area contributed by atoms with Gasteiger partial charge >= 0.3 is 6.03 Å². The first kappa shape index (κ1) is 21.1. The van der Waals surface area contributed by atoms with Gasteiger partial charge in [0.1, 0.15) is 17.2 Å². The number of para-hydroxylation sites is 1. The molecule has 1 aliphatic carbocycles. The van der Waals surface area contributed by atoms with E-state index >= 15 is 0 Å². The minimum Gasteiger partial charge on any atom is -0.457 e. The number of amides is 2. The summed E-state index contributed by atoms with van der Waals surface area (Å²) in [7, 11) is 1.77. The number of rotatable bonds is 6. The van der Waals surface area contributed by atoms with E-state index in [1.165, 1.54) is 12.8 Å². The molecule has 0 bridgehead atoms. The van der Waals surface area contributed by atoms with Crippen LogP contribution in [0.1, 0.15) is 32.6 Å². The number of fused-ring (bicyclic) bond motifs is 1. The SMILES string of the molecule is CCN1C(=O)N(C)c2cnc(Nc3cccc(Oc4ccccc4)c3)nc2N1C1CCCC1. The highest BCUT2D eigenvalue weighted by atomic mass is 16.5.